The highest BCUT2D eigenvalue weighted by molar-refractivity contribution is 6.07. The summed E-state index contributed by atoms with van der Waals surface area (Å²) in [5, 5.41) is 2.25. The van der Waals surface area contributed by atoms with E-state index in [4.69, 9.17) is 0 Å². The zero-order valence-corrected chi connectivity index (χ0v) is 11.0. The topological polar surface area (TPSA) is 20.3 Å². The summed E-state index contributed by atoms with van der Waals surface area (Å²) < 4.78 is 0. The van der Waals surface area contributed by atoms with Crippen LogP contribution in [0, 0.1) is 0 Å². The average molecular weight is 239 g/mol. The number of allylic oxidation sites excluding steroid dienone is 2. The van der Waals surface area contributed by atoms with Crippen LogP contribution in [0.3, 0.4) is 0 Å². The number of nitrogens with zero attached hydrogens (tertiary/aromatic N) is 1. The molecule has 18 heavy (non-hydrogen) atoms. The zero-order chi connectivity index (χ0) is 13.1. The van der Waals surface area contributed by atoms with Gasteiger partial charge < -0.3 is 4.90 Å². The smallest absolute Gasteiger partial charge is 0.187 e. The Morgan fingerprint density at radius 2 is 1.72 bits per heavy atom. The number of hydrogen-bond donors (Lipinski definition) is 0. The molecule has 0 fully saturated rings. The lowest BCUT2D eigenvalue weighted by atomic mass is 10.0. The van der Waals surface area contributed by atoms with Crippen LogP contribution in [0.25, 0.3) is 10.8 Å². The van der Waals surface area contributed by atoms with E-state index in [-0.39, 0.29) is 5.78 Å². The van der Waals surface area contributed by atoms with E-state index in [1.807, 2.05) is 68.4 Å². The Morgan fingerprint density at radius 1 is 1.06 bits per heavy atom. The van der Waals surface area contributed by atoms with Crippen molar-refractivity contribution in [3.63, 3.8) is 0 Å². The minimum Gasteiger partial charge on any atom is -0.381 e. The third-order valence-electron chi connectivity index (χ3n) is 3.08. The Labute approximate surface area is 108 Å². The van der Waals surface area contributed by atoms with Gasteiger partial charge in [0.2, 0.25) is 0 Å². The van der Waals surface area contributed by atoms with Gasteiger partial charge in [-0.3, -0.25) is 4.79 Å². The van der Waals surface area contributed by atoms with Gasteiger partial charge in [-0.05, 0) is 23.8 Å². The van der Waals surface area contributed by atoms with Crippen molar-refractivity contribution in [2.45, 2.75) is 6.92 Å². The van der Waals surface area contributed by atoms with Gasteiger partial charge in [0.25, 0.3) is 0 Å². The van der Waals surface area contributed by atoms with Gasteiger partial charge in [-0.25, -0.2) is 0 Å². The minimum atomic E-state index is 0.0481. The summed E-state index contributed by atoms with van der Waals surface area (Å²) in [4.78, 5) is 14.0. The molecule has 0 aliphatic heterocycles. The predicted octanol–water partition coefficient (Wildman–Crippen LogP) is 3.49. The van der Waals surface area contributed by atoms with Crippen molar-refractivity contribution in [3.05, 3.63) is 59.8 Å². The van der Waals surface area contributed by atoms with Crippen LogP contribution in [0.4, 0.5) is 0 Å². The Bertz CT molecular complexity index is 611. The third kappa shape index (κ3) is 2.59. The maximum Gasteiger partial charge on any atom is 0.187 e. The number of carbonyl (C=O) groups excluding carboxylic acids is 1. The van der Waals surface area contributed by atoms with E-state index in [9.17, 15) is 4.79 Å². The molecule has 92 valence electrons. The molecular formula is C16H17NO. The Hall–Kier alpha value is -2.09. The number of hydrogen-bond acceptors (Lipinski definition) is 2. The van der Waals surface area contributed by atoms with Crippen molar-refractivity contribution in [3.8, 4) is 0 Å². The van der Waals surface area contributed by atoms with E-state index in [0.717, 1.165) is 22.0 Å². The third-order valence-corrected chi connectivity index (χ3v) is 3.08. The summed E-state index contributed by atoms with van der Waals surface area (Å²) >= 11 is 0. The second-order valence-electron chi connectivity index (χ2n) is 4.61. The fourth-order valence-corrected chi connectivity index (χ4v) is 1.74. The molecule has 2 aromatic rings. The molecule has 2 rings (SSSR count). The lowest BCUT2D eigenvalue weighted by Crippen LogP contribution is -2.10. The number of ketones is 1. The van der Waals surface area contributed by atoms with E-state index in [0.29, 0.717) is 0 Å². The van der Waals surface area contributed by atoms with Gasteiger partial charge >= 0.3 is 0 Å². The number of carbonyl (C=O) groups is 1. The average Bonchev–Trinajstić information content (AvgIpc) is 2.37. The highest BCUT2D eigenvalue weighted by Gasteiger charge is 2.05. The Kier molecular flexibility index (Phi) is 3.47. The first kappa shape index (κ1) is 12.4. The lowest BCUT2D eigenvalue weighted by Gasteiger charge is -2.11. The molecule has 0 aliphatic rings. The van der Waals surface area contributed by atoms with Crippen LogP contribution in [0.15, 0.2) is 54.2 Å². The van der Waals surface area contributed by atoms with Gasteiger partial charge in [-0.2, -0.15) is 0 Å². The first-order valence-electron chi connectivity index (χ1n) is 5.96. The number of benzene rings is 2. The second kappa shape index (κ2) is 5.05. The standard InChI is InChI=1S/C16H17NO/c1-12(17(2)3)10-16(18)15-9-8-13-6-4-5-7-14(13)11-15/h4-11H,1-3H3. The van der Waals surface area contributed by atoms with Crippen LogP contribution < -0.4 is 0 Å². The van der Waals surface area contributed by atoms with Crippen molar-refractivity contribution in [2.24, 2.45) is 0 Å². The summed E-state index contributed by atoms with van der Waals surface area (Å²) in [6.45, 7) is 1.93. The molecular weight excluding hydrogens is 222 g/mol. The largest absolute Gasteiger partial charge is 0.381 e. The molecule has 2 heteroatoms. The van der Waals surface area contributed by atoms with E-state index in [1.165, 1.54) is 0 Å². The molecule has 0 aliphatic carbocycles. The predicted molar refractivity (Wildman–Crippen MR) is 75.7 cm³/mol. The molecule has 0 bridgehead atoms. The van der Waals surface area contributed by atoms with Crippen molar-refractivity contribution in [1.29, 1.82) is 0 Å². The summed E-state index contributed by atoms with van der Waals surface area (Å²) in [7, 11) is 3.86. The highest BCUT2D eigenvalue weighted by Crippen LogP contribution is 2.16. The fourth-order valence-electron chi connectivity index (χ4n) is 1.74. The Balaban J connectivity index is 2.37. The Morgan fingerprint density at radius 3 is 2.39 bits per heavy atom. The van der Waals surface area contributed by atoms with Crippen LogP contribution >= 0.6 is 0 Å². The van der Waals surface area contributed by atoms with Gasteiger partial charge in [0.05, 0.1) is 0 Å². The van der Waals surface area contributed by atoms with Crippen LogP contribution in [0.1, 0.15) is 17.3 Å². The lowest BCUT2D eigenvalue weighted by molar-refractivity contribution is 0.104. The number of rotatable bonds is 3. The van der Waals surface area contributed by atoms with Crippen molar-refractivity contribution < 1.29 is 4.79 Å². The van der Waals surface area contributed by atoms with Crippen LogP contribution in [-0.2, 0) is 0 Å². The van der Waals surface area contributed by atoms with Gasteiger partial charge in [-0.1, -0.05) is 36.4 Å². The molecule has 0 heterocycles. The van der Waals surface area contributed by atoms with Crippen LogP contribution in [-0.4, -0.2) is 24.8 Å². The second-order valence-corrected chi connectivity index (χ2v) is 4.61. The molecule has 0 aromatic heterocycles. The molecule has 0 amide bonds. The first-order chi connectivity index (χ1) is 8.58. The highest BCUT2D eigenvalue weighted by atomic mass is 16.1. The zero-order valence-electron chi connectivity index (χ0n) is 11.0. The van der Waals surface area contributed by atoms with Gasteiger partial charge in [-0.15, -0.1) is 0 Å². The SMILES string of the molecule is CC(=CC(=O)c1ccc2ccccc2c1)N(C)C. The molecule has 0 saturated carbocycles. The normalized spacial score (nSPS) is 11.6. The summed E-state index contributed by atoms with van der Waals surface area (Å²) in [5.74, 6) is 0.0481. The molecule has 0 unspecified atom stereocenters. The van der Waals surface area contributed by atoms with Crippen LogP contribution in [0.5, 0.6) is 0 Å². The summed E-state index contributed by atoms with van der Waals surface area (Å²) in [6, 6.07) is 13.9. The maximum atomic E-state index is 12.1. The van der Waals surface area contributed by atoms with Crippen molar-refractivity contribution in [2.75, 3.05) is 14.1 Å². The van der Waals surface area contributed by atoms with E-state index >= 15 is 0 Å². The van der Waals surface area contributed by atoms with Gasteiger partial charge in [0.15, 0.2) is 5.78 Å². The van der Waals surface area contributed by atoms with Crippen molar-refractivity contribution in [1.82, 2.24) is 4.90 Å². The monoisotopic (exact) mass is 239 g/mol. The van der Waals surface area contributed by atoms with Crippen LogP contribution in [0.2, 0.25) is 0 Å². The molecule has 0 N–H and O–H groups in total. The molecule has 2 aromatic carbocycles. The number of fused-ring (bicyclic) bond motifs is 1. The minimum absolute atomic E-state index is 0.0481. The molecule has 0 spiro atoms. The summed E-state index contributed by atoms with van der Waals surface area (Å²) in [5.41, 5.74) is 1.68. The quantitative estimate of drug-likeness (QED) is 0.603. The van der Waals surface area contributed by atoms with E-state index in [1.54, 1.807) is 6.08 Å². The van der Waals surface area contributed by atoms with E-state index < -0.39 is 0 Å². The molecule has 0 radical (unpaired) electrons. The first-order valence-corrected chi connectivity index (χ1v) is 5.96. The molecule has 0 saturated heterocycles. The molecule has 2 nitrogen and oxygen atoms in total. The van der Waals surface area contributed by atoms with E-state index in [2.05, 4.69) is 0 Å². The fraction of sp³-hybridized carbons (Fsp3) is 0.188. The van der Waals surface area contributed by atoms with Gasteiger partial charge in [0, 0.05) is 31.4 Å². The van der Waals surface area contributed by atoms with Gasteiger partial charge in [0.1, 0.15) is 0 Å². The molecule has 0 atom stereocenters. The van der Waals surface area contributed by atoms with Crippen molar-refractivity contribution >= 4 is 16.6 Å². The maximum absolute atomic E-state index is 12.1. The summed E-state index contributed by atoms with van der Waals surface area (Å²) in [6.07, 6.45) is 1.67.